The smallest absolute Gasteiger partial charge is 0.291 e. The Morgan fingerprint density at radius 1 is 1.16 bits per heavy atom. The second-order valence-corrected chi connectivity index (χ2v) is 9.19. The molecule has 3 atom stereocenters. The highest BCUT2D eigenvalue weighted by atomic mass is 19.1. The number of piperidine rings is 1. The maximum atomic E-state index is 14.1. The number of nitrogens with one attached hydrogen (secondary N) is 2. The highest BCUT2D eigenvalue weighted by Crippen LogP contribution is 2.33. The molecule has 0 aliphatic carbocycles. The Labute approximate surface area is 217 Å². The minimum absolute atomic E-state index is 0.0705. The molecule has 2 aromatic carbocycles. The van der Waals surface area contributed by atoms with E-state index in [0.717, 1.165) is 23.7 Å². The highest BCUT2D eigenvalue weighted by molar-refractivity contribution is 6.19. The lowest BCUT2D eigenvalue weighted by Gasteiger charge is -2.48. The van der Waals surface area contributed by atoms with Gasteiger partial charge in [0.05, 0.1) is 35.5 Å². The van der Waals surface area contributed by atoms with Crippen molar-refractivity contribution in [3.8, 4) is 0 Å². The van der Waals surface area contributed by atoms with Crippen molar-refractivity contribution in [3.63, 3.8) is 0 Å². The minimum atomic E-state index is -1.27. The van der Waals surface area contributed by atoms with E-state index >= 15 is 0 Å². The third-order valence-corrected chi connectivity index (χ3v) is 6.58. The van der Waals surface area contributed by atoms with E-state index in [2.05, 4.69) is 20.3 Å². The average molecular weight is 514 g/mol. The number of carbonyl (C=O) groups is 1. The van der Waals surface area contributed by atoms with Crippen LogP contribution in [0.25, 0.3) is 0 Å². The molecule has 38 heavy (non-hydrogen) atoms. The number of fused-ring (bicyclic) bond motifs is 3. The zero-order chi connectivity index (χ0) is 26.2. The number of rotatable bonds is 4. The van der Waals surface area contributed by atoms with Gasteiger partial charge in [0, 0.05) is 36.7 Å². The number of aromatic nitrogens is 1. The molecule has 3 unspecified atom stereocenters. The monoisotopic (exact) mass is 513 g/mol. The summed E-state index contributed by atoms with van der Waals surface area (Å²) in [5.41, 5.74) is 9.24. The molecule has 1 amide bonds. The number of ether oxygens (including phenoxy) is 2. The Bertz CT molecular complexity index is 1460. The number of pyridine rings is 1. The number of benzene rings is 2. The summed E-state index contributed by atoms with van der Waals surface area (Å²) in [7, 11) is 0. The Morgan fingerprint density at radius 2 is 1.87 bits per heavy atom. The standard InChI is InChI=1S/C27H24FN7O3/c28-16-10-21(35-13-17-11-18(14-35)37-17)23(31-12-16)24(29)38-27(30)34-25-26(36)32-20-9-5-4-8-19(20)22(33-25)15-6-2-1-3-7-15/h1-10,12,17-18,25,29H,11,13-14H2,(H2,30,34)(H,32,36). The number of anilines is 2. The molecule has 0 saturated carbocycles. The number of benzodiazepines with no additional fused rings is 1. The van der Waals surface area contributed by atoms with Gasteiger partial charge in [0.15, 0.2) is 0 Å². The molecule has 1 aromatic heterocycles. The number of carbonyl (C=O) groups excluding carboxylic acids is 1. The van der Waals surface area contributed by atoms with Crippen LogP contribution in [0.15, 0.2) is 76.8 Å². The van der Waals surface area contributed by atoms with Gasteiger partial charge in [-0.2, -0.15) is 4.99 Å². The first-order valence-corrected chi connectivity index (χ1v) is 12.1. The summed E-state index contributed by atoms with van der Waals surface area (Å²) in [5, 5.41) is 11.3. The SMILES string of the molecule is N=C(OC(N)=NC1N=C(c2ccccc2)c2ccccc2NC1=O)c1ncc(F)cc1N1CC2CC(C1)O2. The van der Waals surface area contributed by atoms with Gasteiger partial charge in [-0.1, -0.05) is 48.5 Å². The van der Waals surface area contributed by atoms with Crippen molar-refractivity contribution in [1.29, 1.82) is 5.41 Å². The van der Waals surface area contributed by atoms with Gasteiger partial charge in [-0.05, 0) is 6.07 Å². The summed E-state index contributed by atoms with van der Waals surface area (Å²) in [4.78, 5) is 27.8. The van der Waals surface area contributed by atoms with E-state index in [-0.39, 0.29) is 17.9 Å². The van der Waals surface area contributed by atoms with Crippen LogP contribution < -0.4 is 16.0 Å². The zero-order valence-corrected chi connectivity index (χ0v) is 20.2. The summed E-state index contributed by atoms with van der Waals surface area (Å²) in [6.07, 6.45) is 0.846. The Kier molecular flexibility index (Phi) is 6.04. The lowest BCUT2D eigenvalue weighted by atomic mass is 9.98. The van der Waals surface area contributed by atoms with Gasteiger partial charge in [0.1, 0.15) is 11.5 Å². The van der Waals surface area contributed by atoms with E-state index in [0.29, 0.717) is 30.2 Å². The summed E-state index contributed by atoms with van der Waals surface area (Å²) in [6, 6.07) is 17.6. The first-order chi connectivity index (χ1) is 18.4. The van der Waals surface area contributed by atoms with Crippen molar-refractivity contribution in [2.45, 2.75) is 24.8 Å². The fourth-order valence-electron chi connectivity index (χ4n) is 4.86. The minimum Gasteiger partial charge on any atom is -0.405 e. The number of amides is 1. The second kappa shape index (κ2) is 9.67. The molecule has 4 aliphatic heterocycles. The van der Waals surface area contributed by atoms with E-state index in [1.807, 2.05) is 53.4 Å². The van der Waals surface area contributed by atoms with Crippen LogP contribution in [0.3, 0.4) is 0 Å². The first-order valence-electron chi connectivity index (χ1n) is 12.1. The van der Waals surface area contributed by atoms with Crippen molar-refractivity contribution in [1.82, 2.24) is 4.98 Å². The summed E-state index contributed by atoms with van der Waals surface area (Å²) >= 11 is 0. The van der Waals surface area contributed by atoms with E-state index < -0.39 is 29.8 Å². The maximum absolute atomic E-state index is 14.1. The molecule has 192 valence electrons. The van der Waals surface area contributed by atoms with E-state index in [9.17, 15) is 9.18 Å². The average Bonchev–Trinajstić information content (AvgIpc) is 3.04. The van der Waals surface area contributed by atoms with Crippen molar-refractivity contribution in [2.75, 3.05) is 23.3 Å². The third kappa shape index (κ3) is 4.59. The molecular formula is C27H24FN7O3. The summed E-state index contributed by atoms with van der Waals surface area (Å²) < 4.78 is 25.2. The molecule has 5 heterocycles. The topological polar surface area (TPSA) is 138 Å². The van der Waals surface area contributed by atoms with Gasteiger partial charge < -0.3 is 25.4 Å². The number of para-hydroxylation sites is 1. The quantitative estimate of drug-likeness (QED) is 0.362. The van der Waals surface area contributed by atoms with Crippen LogP contribution in [0.4, 0.5) is 15.8 Å². The van der Waals surface area contributed by atoms with Gasteiger partial charge in [0.2, 0.25) is 12.1 Å². The Hall–Kier alpha value is -4.64. The molecule has 3 aromatic rings. The van der Waals surface area contributed by atoms with Crippen LogP contribution in [0.5, 0.6) is 0 Å². The molecule has 3 saturated heterocycles. The first kappa shape index (κ1) is 23.7. The largest absolute Gasteiger partial charge is 0.405 e. The number of hydrogen-bond donors (Lipinski definition) is 3. The highest BCUT2D eigenvalue weighted by Gasteiger charge is 2.39. The number of nitrogens with zero attached hydrogens (tertiary/aromatic N) is 4. The van der Waals surface area contributed by atoms with Gasteiger partial charge in [-0.25, -0.2) is 14.4 Å². The predicted octanol–water partition coefficient (Wildman–Crippen LogP) is 2.67. The lowest BCUT2D eigenvalue weighted by molar-refractivity contribution is -0.133. The van der Waals surface area contributed by atoms with Crippen LogP contribution >= 0.6 is 0 Å². The predicted molar refractivity (Wildman–Crippen MR) is 140 cm³/mol. The summed E-state index contributed by atoms with van der Waals surface area (Å²) in [6.45, 7) is 1.12. The number of halogens is 1. The molecular weight excluding hydrogens is 489 g/mol. The Balaban J connectivity index is 1.28. The number of nitrogens with two attached hydrogens (primary N) is 1. The van der Waals surface area contributed by atoms with Crippen molar-refractivity contribution in [3.05, 3.63) is 89.5 Å². The van der Waals surface area contributed by atoms with Gasteiger partial charge in [-0.3, -0.25) is 10.2 Å². The second-order valence-electron chi connectivity index (χ2n) is 9.19. The maximum Gasteiger partial charge on any atom is 0.291 e. The van der Waals surface area contributed by atoms with Gasteiger partial charge in [-0.15, -0.1) is 0 Å². The molecule has 4 aliphatic rings. The molecule has 4 N–H and O–H groups in total. The molecule has 3 fully saturated rings. The molecule has 2 bridgehead atoms. The van der Waals surface area contributed by atoms with Crippen LogP contribution in [0, 0.1) is 11.2 Å². The fraction of sp³-hybridized carbons (Fsp3) is 0.222. The number of morpholine rings is 1. The number of amidine groups is 1. The number of aliphatic imine (C=N–C) groups is 2. The lowest BCUT2D eigenvalue weighted by Crippen LogP contribution is -2.57. The van der Waals surface area contributed by atoms with Crippen molar-refractivity contribution < 1.29 is 18.7 Å². The van der Waals surface area contributed by atoms with Crippen molar-refractivity contribution in [2.24, 2.45) is 15.7 Å². The van der Waals surface area contributed by atoms with E-state index in [1.165, 1.54) is 6.07 Å². The zero-order valence-electron chi connectivity index (χ0n) is 20.2. The molecule has 0 spiro atoms. The Morgan fingerprint density at radius 3 is 2.63 bits per heavy atom. The van der Waals surface area contributed by atoms with E-state index in [1.54, 1.807) is 6.07 Å². The van der Waals surface area contributed by atoms with Gasteiger partial charge in [0.25, 0.3) is 11.9 Å². The van der Waals surface area contributed by atoms with Crippen LogP contribution in [-0.4, -0.2) is 60.0 Å². The molecule has 7 rings (SSSR count). The molecule has 11 heteroatoms. The molecule has 0 radical (unpaired) electrons. The van der Waals surface area contributed by atoms with Gasteiger partial charge >= 0.3 is 0 Å². The third-order valence-electron chi connectivity index (χ3n) is 6.58. The fourth-order valence-corrected chi connectivity index (χ4v) is 4.86. The van der Waals surface area contributed by atoms with Crippen LogP contribution in [0.1, 0.15) is 23.2 Å². The normalized spacial score (nSPS) is 22.4. The van der Waals surface area contributed by atoms with E-state index in [4.69, 9.17) is 20.6 Å². The van der Waals surface area contributed by atoms with Crippen LogP contribution in [-0.2, 0) is 14.3 Å². The van der Waals surface area contributed by atoms with Crippen molar-refractivity contribution >= 4 is 34.9 Å². The number of hydrogen-bond acceptors (Lipinski definition) is 8. The molecule has 10 nitrogen and oxygen atoms in total. The van der Waals surface area contributed by atoms with Crippen LogP contribution in [0.2, 0.25) is 0 Å². The summed E-state index contributed by atoms with van der Waals surface area (Å²) in [5.74, 6) is -1.46.